The van der Waals surface area contributed by atoms with Crippen molar-refractivity contribution >= 4 is 48.7 Å². The molecule has 30 heavy (non-hydrogen) atoms. The van der Waals surface area contributed by atoms with Gasteiger partial charge in [-0.1, -0.05) is 30.3 Å². The Labute approximate surface area is 183 Å². The lowest BCUT2D eigenvalue weighted by atomic mass is 10.2. The molecule has 0 bridgehead atoms. The lowest BCUT2D eigenvalue weighted by molar-refractivity contribution is 0.479. The highest BCUT2D eigenvalue weighted by Crippen LogP contribution is 2.35. The Morgan fingerprint density at radius 3 is 2.60 bits per heavy atom. The summed E-state index contributed by atoms with van der Waals surface area (Å²) in [6, 6.07) is 15.9. The Bertz CT molecular complexity index is 1280. The van der Waals surface area contributed by atoms with Gasteiger partial charge in [0.15, 0.2) is 0 Å². The molecule has 1 N–H and O–H groups in total. The summed E-state index contributed by atoms with van der Waals surface area (Å²) >= 11 is 2.95. The molecule has 1 fully saturated rings. The molecule has 0 amide bonds. The Morgan fingerprint density at radius 2 is 1.80 bits per heavy atom. The molecule has 4 aromatic rings. The SMILES string of the molecule is O=S(=O)(c1ccc(CNc2ncnc3sc(-c4ccccc4)cc23)s1)N1CCCC1. The summed E-state index contributed by atoms with van der Waals surface area (Å²) in [6.45, 7) is 1.76. The van der Waals surface area contributed by atoms with Crippen LogP contribution in [0.4, 0.5) is 5.82 Å². The molecule has 1 aromatic carbocycles. The van der Waals surface area contributed by atoms with Gasteiger partial charge in [0, 0.05) is 22.8 Å². The fourth-order valence-corrected chi connectivity index (χ4v) is 7.53. The fourth-order valence-electron chi connectivity index (χ4n) is 3.56. The molecule has 0 atom stereocenters. The van der Waals surface area contributed by atoms with Gasteiger partial charge in [-0.05, 0) is 36.6 Å². The van der Waals surface area contributed by atoms with E-state index in [9.17, 15) is 8.42 Å². The maximum Gasteiger partial charge on any atom is 0.252 e. The van der Waals surface area contributed by atoms with Gasteiger partial charge in [-0.2, -0.15) is 4.31 Å². The second-order valence-corrected chi connectivity index (χ2v) is 11.5. The van der Waals surface area contributed by atoms with Crippen LogP contribution < -0.4 is 5.32 Å². The van der Waals surface area contributed by atoms with Crippen LogP contribution >= 0.6 is 22.7 Å². The van der Waals surface area contributed by atoms with Gasteiger partial charge in [0.1, 0.15) is 21.2 Å². The van der Waals surface area contributed by atoms with E-state index in [1.807, 2.05) is 24.3 Å². The zero-order valence-corrected chi connectivity index (χ0v) is 18.6. The number of hydrogen-bond donors (Lipinski definition) is 1. The Hall–Kier alpha value is -2.33. The second kappa shape index (κ2) is 8.07. The number of nitrogens with one attached hydrogen (secondary N) is 1. The summed E-state index contributed by atoms with van der Waals surface area (Å²) in [5, 5.41) is 4.34. The van der Waals surface area contributed by atoms with Crippen molar-refractivity contribution in [3.63, 3.8) is 0 Å². The number of sulfonamides is 1. The van der Waals surface area contributed by atoms with Crippen LogP contribution in [0, 0.1) is 0 Å². The third-order valence-corrected chi connectivity index (χ3v) is 9.66. The van der Waals surface area contributed by atoms with Crippen LogP contribution in [0.25, 0.3) is 20.7 Å². The van der Waals surface area contributed by atoms with Gasteiger partial charge in [0.2, 0.25) is 0 Å². The van der Waals surface area contributed by atoms with Crippen molar-refractivity contribution in [1.82, 2.24) is 14.3 Å². The molecule has 5 rings (SSSR count). The zero-order chi connectivity index (χ0) is 20.6. The average molecular weight is 457 g/mol. The molecule has 0 spiro atoms. The van der Waals surface area contributed by atoms with E-state index in [1.165, 1.54) is 11.3 Å². The molecule has 0 radical (unpaired) electrons. The molecule has 0 saturated carbocycles. The Kier molecular flexibility index (Phi) is 5.28. The molecular weight excluding hydrogens is 436 g/mol. The number of anilines is 1. The molecule has 1 aliphatic heterocycles. The van der Waals surface area contributed by atoms with Crippen LogP contribution in [-0.4, -0.2) is 35.8 Å². The van der Waals surface area contributed by atoms with E-state index in [4.69, 9.17) is 0 Å². The van der Waals surface area contributed by atoms with Crippen LogP contribution in [0.3, 0.4) is 0 Å². The molecule has 0 unspecified atom stereocenters. The van der Waals surface area contributed by atoms with E-state index in [0.29, 0.717) is 23.8 Å². The highest BCUT2D eigenvalue weighted by molar-refractivity contribution is 7.91. The largest absolute Gasteiger partial charge is 0.365 e. The zero-order valence-electron chi connectivity index (χ0n) is 16.1. The van der Waals surface area contributed by atoms with Gasteiger partial charge in [-0.3, -0.25) is 0 Å². The molecule has 154 valence electrons. The lowest BCUT2D eigenvalue weighted by Crippen LogP contribution is -2.27. The van der Waals surface area contributed by atoms with Crippen molar-refractivity contribution in [3.05, 3.63) is 59.7 Å². The predicted octanol–water partition coefficient (Wildman–Crippen LogP) is 4.82. The molecular formula is C21H20N4O2S3. The predicted molar refractivity (Wildman–Crippen MR) is 122 cm³/mol. The van der Waals surface area contributed by atoms with E-state index in [-0.39, 0.29) is 0 Å². The number of rotatable bonds is 6. The van der Waals surface area contributed by atoms with Crippen molar-refractivity contribution in [1.29, 1.82) is 0 Å². The van der Waals surface area contributed by atoms with E-state index >= 15 is 0 Å². The van der Waals surface area contributed by atoms with Gasteiger partial charge in [0.25, 0.3) is 10.0 Å². The second-order valence-electron chi connectivity index (χ2n) is 7.10. The van der Waals surface area contributed by atoms with Gasteiger partial charge in [-0.15, -0.1) is 22.7 Å². The molecule has 1 aliphatic rings. The first kappa shape index (κ1) is 19.6. The standard InChI is InChI=1S/C21H20N4O2S3/c26-30(27,25-10-4-5-11-25)19-9-8-16(28-19)13-22-20-17-12-18(15-6-2-1-3-7-15)29-21(17)24-14-23-20/h1-3,6-9,12,14H,4-5,10-11,13H2,(H,22,23,24). The highest BCUT2D eigenvalue weighted by Gasteiger charge is 2.28. The van der Waals surface area contributed by atoms with Crippen molar-refractivity contribution in [3.8, 4) is 10.4 Å². The summed E-state index contributed by atoms with van der Waals surface area (Å²) in [5.74, 6) is 0.760. The quantitative estimate of drug-likeness (QED) is 0.450. The minimum Gasteiger partial charge on any atom is -0.365 e. The summed E-state index contributed by atoms with van der Waals surface area (Å²) < 4.78 is 27.5. The summed E-state index contributed by atoms with van der Waals surface area (Å²) in [4.78, 5) is 11.8. The lowest BCUT2D eigenvalue weighted by Gasteiger charge is -2.13. The maximum absolute atomic E-state index is 12.7. The highest BCUT2D eigenvalue weighted by atomic mass is 32.2. The van der Waals surface area contributed by atoms with Gasteiger partial charge in [0.05, 0.1) is 11.9 Å². The van der Waals surface area contributed by atoms with E-state index in [2.05, 4.69) is 33.5 Å². The topological polar surface area (TPSA) is 75.2 Å². The normalized spacial score (nSPS) is 15.1. The number of thiophene rings is 2. The molecule has 3 aromatic heterocycles. The minimum atomic E-state index is -3.36. The van der Waals surface area contributed by atoms with Crippen LogP contribution in [0.15, 0.2) is 59.1 Å². The summed E-state index contributed by atoms with van der Waals surface area (Å²) in [7, 11) is -3.36. The molecule has 9 heteroatoms. The van der Waals surface area contributed by atoms with Crippen LogP contribution in [0.1, 0.15) is 17.7 Å². The monoisotopic (exact) mass is 456 g/mol. The minimum absolute atomic E-state index is 0.413. The van der Waals surface area contributed by atoms with Crippen molar-refractivity contribution in [2.24, 2.45) is 0 Å². The van der Waals surface area contributed by atoms with E-state index < -0.39 is 10.0 Å². The van der Waals surface area contributed by atoms with Crippen molar-refractivity contribution in [2.75, 3.05) is 18.4 Å². The Balaban J connectivity index is 1.36. The van der Waals surface area contributed by atoms with Gasteiger partial charge in [-0.25, -0.2) is 18.4 Å². The third-order valence-electron chi connectivity index (χ3n) is 5.11. The van der Waals surface area contributed by atoms with Crippen molar-refractivity contribution in [2.45, 2.75) is 23.6 Å². The van der Waals surface area contributed by atoms with Crippen LogP contribution in [0.5, 0.6) is 0 Å². The fraction of sp³-hybridized carbons (Fsp3) is 0.238. The first-order chi connectivity index (χ1) is 14.6. The third kappa shape index (κ3) is 3.74. The van der Waals surface area contributed by atoms with Crippen LogP contribution in [-0.2, 0) is 16.6 Å². The summed E-state index contributed by atoms with van der Waals surface area (Å²) in [6.07, 6.45) is 3.44. The number of fused-ring (bicyclic) bond motifs is 1. The maximum atomic E-state index is 12.7. The summed E-state index contributed by atoms with van der Waals surface area (Å²) in [5.41, 5.74) is 1.15. The Morgan fingerprint density at radius 1 is 1.00 bits per heavy atom. The van der Waals surface area contributed by atoms with Crippen LogP contribution in [0.2, 0.25) is 0 Å². The first-order valence-electron chi connectivity index (χ1n) is 9.74. The average Bonchev–Trinajstić information content (AvgIpc) is 3.53. The number of aromatic nitrogens is 2. The van der Waals surface area contributed by atoms with Crippen molar-refractivity contribution < 1.29 is 8.42 Å². The molecule has 0 aliphatic carbocycles. The molecule has 1 saturated heterocycles. The van der Waals surface area contributed by atoms with Gasteiger partial charge < -0.3 is 5.32 Å². The number of nitrogens with zero attached hydrogens (tertiary/aromatic N) is 3. The van der Waals surface area contributed by atoms with E-state index in [0.717, 1.165) is 44.2 Å². The molecule has 4 heterocycles. The number of hydrogen-bond acceptors (Lipinski definition) is 7. The first-order valence-corrected chi connectivity index (χ1v) is 12.8. The number of benzene rings is 1. The smallest absolute Gasteiger partial charge is 0.252 e. The van der Waals surface area contributed by atoms with Gasteiger partial charge >= 0.3 is 0 Å². The van der Waals surface area contributed by atoms with E-state index in [1.54, 1.807) is 28.0 Å². The molecule has 6 nitrogen and oxygen atoms in total.